The van der Waals surface area contributed by atoms with E-state index in [0.29, 0.717) is 12.1 Å². The predicted octanol–water partition coefficient (Wildman–Crippen LogP) is 4.27. The van der Waals surface area contributed by atoms with Gasteiger partial charge in [-0.3, -0.25) is 14.9 Å². The van der Waals surface area contributed by atoms with Gasteiger partial charge < -0.3 is 20.1 Å². The Balaban J connectivity index is 1.38. The van der Waals surface area contributed by atoms with Gasteiger partial charge in [0.15, 0.2) is 5.82 Å². The van der Waals surface area contributed by atoms with Crippen molar-refractivity contribution in [3.05, 3.63) is 54.9 Å². The number of rotatable bonds is 5. The van der Waals surface area contributed by atoms with Gasteiger partial charge in [0.05, 0.1) is 28.6 Å². The van der Waals surface area contributed by atoms with Crippen molar-refractivity contribution in [2.45, 2.75) is 13.3 Å². The first-order valence-corrected chi connectivity index (χ1v) is 12.2. The second-order valence-electron chi connectivity index (χ2n) is 9.25. The molecule has 5 aromatic rings. The Morgan fingerprint density at radius 2 is 1.89 bits per heavy atom. The smallest absolute Gasteiger partial charge is 0.224 e. The molecule has 9 nitrogen and oxygen atoms in total. The van der Waals surface area contributed by atoms with Crippen molar-refractivity contribution >= 4 is 39.2 Å². The molecule has 3 N–H and O–H groups in total. The van der Waals surface area contributed by atoms with Crippen LogP contribution in [-0.4, -0.2) is 69.2 Å². The summed E-state index contributed by atoms with van der Waals surface area (Å²) in [6.07, 6.45) is 3.87. The van der Waals surface area contributed by atoms with Crippen molar-refractivity contribution in [1.29, 1.82) is 0 Å². The minimum absolute atomic E-state index is 0.0395. The van der Waals surface area contributed by atoms with Crippen LogP contribution in [0.3, 0.4) is 0 Å². The fraction of sp³-hybridized carbons (Fsp3) is 0.259. The molecule has 0 unspecified atom stereocenters. The summed E-state index contributed by atoms with van der Waals surface area (Å²) in [5.74, 6) is 0.694. The molecule has 1 amide bonds. The average molecular weight is 481 g/mol. The molecule has 3 aromatic heterocycles. The lowest BCUT2D eigenvalue weighted by molar-refractivity contribution is -0.115. The molecule has 0 saturated carbocycles. The van der Waals surface area contributed by atoms with Crippen LogP contribution in [0.5, 0.6) is 0 Å². The fourth-order valence-electron chi connectivity index (χ4n) is 4.72. The number of hydrogen-bond donors (Lipinski definition) is 3. The van der Waals surface area contributed by atoms with E-state index >= 15 is 0 Å². The number of nitrogens with one attached hydrogen (secondary N) is 3. The van der Waals surface area contributed by atoms with Gasteiger partial charge in [0.2, 0.25) is 5.91 Å². The first kappa shape index (κ1) is 22.2. The van der Waals surface area contributed by atoms with E-state index in [1.807, 2.05) is 25.1 Å². The van der Waals surface area contributed by atoms with Crippen LogP contribution in [0.15, 0.2) is 54.9 Å². The van der Waals surface area contributed by atoms with Gasteiger partial charge in [0.25, 0.3) is 0 Å². The van der Waals surface area contributed by atoms with Crippen LogP contribution in [0, 0.1) is 0 Å². The Kier molecular flexibility index (Phi) is 5.61. The third kappa shape index (κ3) is 4.07. The van der Waals surface area contributed by atoms with Crippen molar-refractivity contribution in [1.82, 2.24) is 30.0 Å². The number of benzene rings is 2. The van der Waals surface area contributed by atoms with Crippen molar-refractivity contribution in [2.75, 3.05) is 43.4 Å². The number of nitrogens with zero attached hydrogens (tertiary/aromatic N) is 5. The number of aromatic amines is 2. The van der Waals surface area contributed by atoms with E-state index in [4.69, 9.17) is 4.98 Å². The summed E-state index contributed by atoms with van der Waals surface area (Å²) in [7, 11) is 2.16. The van der Waals surface area contributed by atoms with E-state index in [1.165, 1.54) is 0 Å². The molecule has 2 aromatic carbocycles. The van der Waals surface area contributed by atoms with Crippen LogP contribution in [0.2, 0.25) is 0 Å². The number of pyridine rings is 1. The number of H-pyrrole nitrogens is 2. The molecular formula is C27H28N8O. The molecule has 0 radical (unpaired) electrons. The summed E-state index contributed by atoms with van der Waals surface area (Å²) in [6, 6.07) is 14.4. The molecule has 1 saturated heterocycles. The van der Waals surface area contributed by atoms with E-state index in [2.05, 4.69) is 66.6 Å². The van der Waals surface area contributed by atoms with Gasteiger partial charge in [-0.25, -0.2) is 4.98 Å². The van der Waals surface area contributed by atoms with Gasteiger partial charge in [-0.2, -0.15) is 5.10 Å². The van der Waals surface area contributed by atoms with Gasteiger partial charge in [0.1, 0.15) is 11.2 Å². The number of carbonyl (C=O) groups is 1. The standard InChI is InChI=1S/C27H28N8O/c1-3-24(36)29-19-13-18(15-28-16-19)17-7-8-21-20(14-17)25(33-32-21)27-30-22-5-4-6-23(26(22)31-27)35-11-9-34(2)10-12-35/h4-8,13-16H,3,9-12H2,1-2H3,(H,29,36)(H,30,31)(H,32,33). The summed E-state index contributed by atoms with van der Waals surface area (Å²) < 4.78 is 0. The first-order valence-electron chi connectivity index (χ1n) is 12.2. The van der Waals surface area contributed by atoms with Gasteiger partial charge in [0, 0.05) is 49.7 Å². The molecule has 1 fully saturated rings. The molecule has 4 heterocycles. The molecular weight excluding hydrogens is 452 g/mol. The molecule has 0 spiro atoms. The highest BCUT2D eigenvalue weighted by Gasteiger charge is 2.20. The molecule has 0 aliphatic carbocycles. The zero-order chi connectivity index (χ0) is 24.6. The minimum atomic E-state index is -0.0395. The number of para-hydroxylation sites is 1. The summed E-state index contributed by atoms with van der Waals surface area (Å²) in [6.45, 7) is 5.88. The molecule has 1 aliphatic heterocycles. The lowest BCUT2D eigenvalue weighted by Crippen LogP contribution is -2.44. The summed E-state index contributed by atoms with van der Waals surface area (Å²) >= 11 is 0. The molecule has 6 rings (SSSR count). The Bertz CT molecular complexity index is 1560. The second-order valence-corrected chi connectivity index (χ2v) is 9.25. The number of hydrogen-bond acceptors (Lipinski definition) is 6. The highest BCUT2D eigenvalue weighted by atomic mass is 16.1. The maximum absolute atomic E-state index is 11.8. The molecule has 0 atom stereocenters. The van der Waals surface area contributed by atoms with E-state index in [-0.39, 0.29) is 5.91 Å². The number of likely N-dealkylation sites (N-methyl/N-ethyl adjacent to an activating group) is 1. The normalized spacial score (nSPS) is 14.6. The van der Waals surface area contributed by atoms with Crippen molar-refractivity contribution in [3.8, 4) is 22.6 Å². The maximum atomic E-state index is 11.8. The average Bonchev–Trinajstić information content (AvgIpc) is 3.53. The molecule has 1 aliphatic rings. The molecule has 0 bridgehead atoms. The lowest BCUT2D eigenvalue weighted by atomic mass is 10.0. The minimum Gasteiger partial charge on any atom is -0.367 e. The first-order chi connectivity index (χ1) is 17.6. The monoisotopic (exact) mass is 480 g/mol. The highest BCUT2D eigenvalue weighted by molar-refractivity contribution is 5.98. The fourth-order valence-corrected chi connectivity index (χ4v) is 4.72. The number of anilines is 2. The van der Waals surface area contributed by atoms with E-state index in [9.17, 15) is 4.79 Å². The Morgan fingerprint density at radius 3 is 2.72 bits per heavy atom. The predicted molar refractivity (Wildman–Crippen MR) is 143 cm³/mol. The lowest BCUT2D eigenvalue weighted by Gasteiger charge is -2.34. The van der Waals surface area contributed by atoms with Gasteiger partial charge in [-0.05, 0) is 42.9 Å². The summed E-state index contributed by atoms with van der Waals surface area (Å²) in [5, 5.41) is 11.6. The van der Waals surface area contributed by atoms with Crippen LogP contribution in [0.1, 0.15) is 13.3 Å². The van der Waals surface area contributed by atoms with Crippen LogP contribution in [0.25, 0.3) is 44.6 Å². The third-order valence-corrected chi connectivity index (χ3v) is 6.80. The van der Waals surface area contributed by atoms with Crippen molar-refractivity contribution in [2.24, 2.45) is 0 Å². The van der Waals surface area contributed by atoms with Gasteiger partial charge in [-0.15, -0.1) is 0 Å². The van der Waals surface area contributed by atoms with E-state index in [0.717, 1.165) is 76.4 Å². The quantitative estimate of drug-likeness (QED) is 0.347. The topological polar surface area (TPSA) is 106 Å². The largest absolute Gasteiger partial charge is 0.367 e. The zero-order valence-electron chi connectivity index (χ0n) is 20.4. The van der Waals surface area contributed by atoms with Crippen LogP contribution in [0.4, 0.5) is 11.4 Å². The summed E-state index contributed by atoms with van der Waals surface area (Å²) in [4.78, 5) is 29.4. The van der Waals surface area contributed by atoms with Crippen molar-refractivity contribution in [3.63, 3.8) is 0 Å². The van der Waals surface area contributed by atoms with Crippen molar-refractivity contribution < 1.29 is 4.79 Å². The number of carbonyl (C=O) groups excluding carboxylic acids is 1. The third-order valence-electron chi connectivity index (χ3n) is 6.80. The van der Waals surface area contributed by atoms with Gasteiger partial charge in [-0.1, -0.05) is 19.1 Å². The zero-order valence-corrected chi connectivity index (χ0v) is 20.4. The number of amides is 1. The number of imidazole rings is 1. The molecule has 182 valence electrons. The van der Waals surface area contributed by atoms with E-state index < -0.39 is 0 Å². The molecule has 9 heteroatoms. The Labute approximate surface area is 208 Å². The van der Waals surface area contributed by atoms with Crippen LogP contribution >= 0.6 is 0 Å². The Hall–Kier alpha value is -4.24. The maximum Gasteiger partial charge on any atom is 0.224 e. The SMILES string of the molecule is CCC(=O)Nc1cncc(-c2ccc3[nH]nc(-c4nc5c(N6CCN(C)CC6)cccc5[nH]4)c3c2)c1. The van der Waals surface area contributed by atoms with Crippen LogP contribution < -0.4 is 10.2 Å². The van der Waals surface area contributed by atoms with E-state index in [1.54, 1.807) is 12.4 Å². The Morgan fingerprint density at radius 1 is 1.03 bits per heavy atom. The number of piperazine rings is 1. The molecule has 36 heavy (non-hydrogen) atoms. The van der Waals surface area contributed by atoms with Gasteiger partial charge >= 0.3 is 0 Å². The number of fused-ring (bicyclic) bond motifs is 2. The van der Waals surface area contributed by atoms with Crippen LogP contribution in [-0.2, 0) is 4.79 Å². The number of aromatic nitrogens is 5. The summed E-state index contributed by atoms with van der Waals surface area (Å²) in [5.41, 5.74) is 7.40. The second kappa shape index (κ2) is 9.09. The highest BCUT2D eigenvalue weighted by Crippen LogP contribution is 2.33.